The van der Waals surface area contributed by atoms with Gasteiger partial charge in [0.25, 0.3) is 5.91 Å². The Bertz CT molecular complexity index is 934. The van der Waals surface area contributed by atoms with Gasteiger partial charge in [-0.05, 0) is 36.1 Å². The van der Waals surface area contributed by atoms with Crippen molar-refractivity contribution in [1.82, 2.24) is 14.8 Å². The molecule has 4 nitrogen and oxygen atoms in total. The van der Waals surface area contributed by atoms with Crippen LogP contribution in [-0.4, -0.2) is 46.4 Å². The summed E-state index contributed by atoms with van der Waals surface area (Å²) in [7, 11) is 0. The predicted molar refractivity (Wildman–Crippen MR) is 104 cm³/mol. The molecule has 5 heteroatoms. The molecule has 2 aromatic carbocycles. The second-order valence-electron chi connectivity index (χ2n) is 7.17. The molecule has 2 aliphatic rings. The first-order valence-electron chi connectivity index (χ1n) is 9.23. The van der Waals surface area contributed by atoms with Crippen LogP contribution in [0.3, 0.4) is 0 Å². The molecule has 132 valence electrons. The summed E-state index contributed by atoms with van der Waals surface area (Å²) < 4.78 is 1.08. The van der Waals surface area contributed by atoms with Gasteiger partial charge in [-0.1, -0.05) is 36.4 Å². The number of aromatic nitrogens is 1. The van der Waals surface area contributed by atoms with Gasteiger partial charge in [0, 0.05) is 32.2 Å². The Morgan fingerprint density at radius 2 is 1.85 bits per heavy atom. The van der Waals surface area contributed by atoms with Crippen LogP contribution < -0.4 is 0 Å². The Morgan fingerprint density at radius 1 is 1.04 bits per heavy atom. The minimum Gasteiger partial charge on any atom is -0.335 e. The first kappa shape index (κ1) is 16.0. The maximum atomic E-state index is 12.9. The second kappa shape index (κ2) is 6.49. The molecule has 26 heavy (non-hydrogen) atoms. The summed E-state index contributed by atoms with van der Waals surface area (Å²) in [6, 6.07) is 17.2. The third-order valence-electron chi connectivity index (χ3n) is 5.60. The van der Waals surface area contributed by atoms with Gasteiger partial charge in [0.1, 0.15) is 0 Å². The van der Waals surface area contributed by atoms with Crippen molar-refractivity contribution >= 4 is 27.5 Å². The number of carbonyl (C=O) groups excluding carboxylic acids is 1. The van der Waals surface area contributed by atoms with Crippen LogP contribution in [0.25, 0.3) is 10.2 Å². The van der Waals surface area contributed by atoms with Crippen molar-refractivity contribution in [2.45, 2.75) is 25.4 Å². The van der Waals surface area contributed by atoms with Gasteiger partial charge >= 0.3 is 0 Å². The normalized spacial score (nSPS) is 20.5. The number of hydrogen-bond donors (Lipinski definition) is 0. The van der Waals surface area contributed by atoms with E-state index in [1.54, 1.807) is 0 Å². The molecule has 0 aliphatic carbocycles. The fourth-order valence-electron chi connectivity index (χ4n) is 4.15. The molecule has 1 aromatic heterocycles. The van der Waals surface area contributed by atoms with Crippen LogP contribution in [0.15, 0.2) is 48.5 Å². The molecule has 0 radical (unpaired) electrons. The fraction of sp³-hybridized carbons (Fsp3) is 0.333. The lowest BCUT2D eigenvalue weighted by Gasteiger charge is -2.33. The predicted octanol–water partition coefficient (Wildman–Crippen LogP) is 3.57. The van der Waals surface area contributed by atoms with Gasteiger partial charge in [-0.2, -0.15) is 0 Å². The average molecular weight is 363 g/mol. The number of para-hydroxylation sites is 1. The van der Waals surface area contributed by atoms with Gasteiger partial charge in [0.05, 0.1) is 10.2 Å². The van der Waals surface area contributed by atoms with E-state index in [0.717, 1.165) is 49.2 Å². The molecule has 5 rings (SSSR count). The van der Waals surface area contributed by atoms with Gasteiger partial charge in [0.2, 0.25) is 0 Å². The van der Waals surface area contributed by atoms with Gasteiger partial charge in [-0.25, -0.2) is 4.98 Å². The van der Waals surface area contributed by atoms with Gasteiger partial charge in [0.15, 0.2) is 5.01 Å². The standard InChI is InChI=1S/C21H21N3OS/c25-21(20-22-18-7-3-4-8-19(18)26-20)24-12-10-17(14-24)23-11-9-15-5-1-2-6-16(15)13-23/h1-8,17H,9-14H2/t17-/m0/s1. The van der Waals surface area contributed by atoms with E-state index in [4.69, 9.17) is 0 Å². The van der Waals surface area contributed by atoms with Crippen molar-refractivity contribution in [3.8, 4) is 0 Å². The van der Waals surface area contributed by atoms with Crippen LogP contribution in [0.2, 0.25) is 0 Å². The monoisotopic (exact) mass is 363 g/mol. The van der Waals surface area contributed by atoms with E-state index in [9.17, 15) is 4.79 Å². The molecule has 1 amide bonds. The lowest BCUT2D eigenvalue weighted by molar-refractivity contribution is 0.0773. The van der Waals surface area contributed by atoms with Crippen molar-refractivity contribution in [2.24, 2.45) is 0 Å². The summed E-state index contributed by atoms with van der Waals surface area (Å²) >= 11 is 1.50. The molecular formula is C21H21N3OS. The van der Waals surface area contributed by atoms with Crippen LogP contribution in [0.4, 0.5) is 0 Å². The second-order valence-corrected chi connectivity index (χ2v) is 8.20. The molecule has 0 N–H and O–H groups in total. The van der Waals surface area contributed by atoms with Crippen LogP contribution in [-0.2, 0) is 13.0 Å². The van der Waals surface area contributed by atoms with Crippen LogP contribution in [0.1, 0.15) is 27.3 Å². The summed E-state index contributed by atoms with van der Waals surface area (Å²) in [4.78, 5) is 22.0. The smallest absolute Gasteiger partial charge is 0.282 e. The molecular weight excluding hydrogens is 342 g/mol. The third-order valence-corrected chi connectivity index (χ3v) is 6.63. The lowest BCUT2D eigenvalue weighted by atomic mass is 9.98. The Balaban J connectivity index is 1.29. The Labute approximate surface area is 157 Å². The highest BCUT2D eigenvalue weighted by Gasteiger charge is 2.33. The van der Waals surface area contributed by atoms with E-state index >= 15 is 0 Å². The topological polar surface area (TPSA) is 36.4 Å². The number of carbonyl (C=O) groups is 1. The van der Waals surface area contributed by atoms with Crippen LogP contribution >= 0.6 is 11.3 Å². The Hall–Kier alpha value is -2.24. The highest BCUT2D eigenvalue weighted by Crippen LogP contribution is 2.27. The first-order chi connectivity index (χ1) is 12.8. The number of nitrogens with zero attached hydrogens (tertiary/aromatic N) is 3. The number of benzene rings is 2. The van der Waals surface area contributed by atoms with E-state index in [1.807, 2.05) is 29.2 Å². The molecule has 0 unspecified atom stereocenters. The molecule has 2 aliphatic heterocycles. The number of hydrogen-bond acceptors (Lipinski definition) is 4. The number of fused-ring (bicyclic) bond motifs is 2. The van der Waals surface area contributed by atoms with E-state index in [0.29, 0.717) is 11.0 Å². The Kier molecular flexibility index (Phi) is 3.98. The summed E-state index contributed by atoms with van der Waals surface area (Å²) in [5.74, 6) is 0.0890. The SMILES string of the molecule is O=C(c1nc2ccccc2s1)N1CC[C@H](N2CCc3ccccc3C2)C1. The van der Waals surface area contributed by atoms with Crippen molar-refractivity contribution in [2.75, 3.05) is 19.6 Å². The van der Waals surface area contributed by atoms with Crippen LogP contribution in [0.5, 0.6) is 0 Å². The average Bonchev–Trinajstić information content (AvgIpc) is 3.34. The largest absolute Gasteiger partial charge is 0.335 e. The minimum absolute atomic E-state index is 0.0890. The van der Waals surface area contributed by atoms with Crippen molar-refractivity contribution in [1.29, 1.82) is 0 Å². The van der Waals surface area contributed by atoms with Crippen LogP contribution in [0, 0.1) is 0 Å². The minimum atomic E-state index is 0.0890. The van der Waals surface area contributed by atoms with Crippen molar-refractivity contribution in [3.05, 3.63) is 64.7 Å². The third kappa shape index (κ3) is 2.81. The summed E-state index contributed by atoms with van der Waals surface area (Å²) in [5.41, 5.74) is 3.84. The quantitative estimate of drug-likeness (QED) is 0.698. The van der Waals surface area contributed by atoms with Gasteiger partial charge in [-0.15, -0.1) is 11.3 Å². The highest BCUT2D eigenvalue weighted by atomic mass is 32.1. The zero-order valence-corrected chi connectivity index (χ0v) is 15.4. The van der Waals surface area contributed by atoms with Gasteiger partial charge < -0.3 is 4.90 Å². The van der Waals surface area contributed by atoms with E-state index in [1.165, 1.54) is 22.5 Å². The van der Waals surface area contributed by atoms with Gasteiger partial charge in [-0.3, -0.25) is 9.69 Å². The van der Waals surface area contributed by atoms with E-state index < -0.39 is 0 Å². The Morgan fingerprint density at radius 3 is 2.73 bits per heavy atom. The summed E-state index contributed by atoms with van der Waals surface area (Å²) in [6.45, 7) is 3.74. The maximum absolute atomic E-state index is 12.9. The number of rotatable bonds is 2. The molecule has 1 atom stereocenters. The number of thiazole rings is 1. The first-order valence-corrected chi connectivity index (χ1v) is 10.1. The lowest BCUT2D eigenvalue weighted by Crippen LogP contribution is -2.41. The van der Waals surface area contributed by atoms with Crippen molar-refractivity contribution in [3.63, 3.8) is 0 Å². The zero-order chi connectivity index (χ0) is 17.5. The maximum Gasteiger partial charge on any atom is 0.282 e. The van der Waals surface area contributed by atoms with E-state index in [2.05, 4.69) is 34.1 Å². The summed E-state index contributed by atoms with van der Waals surface area (Å²) in [6.07, 6.45) is 2.16. The number of amides is 1. The number of likely N-dealkylation sites (tertiary alicyclic amines) is 1. The molecule has 0 spiro atoms. The highest BCUT2D eigenvalue weighted by molar-refractivity contribution is 7.20. The van der Waals surface area contributed by atoms with Crippen molar-refractivity contribution < 1.29 is 4.79 Å². The molecule has 1 fully saturated rings. The molecule has 1 saturated heterocycles. The van der Waals surface area contributed by atoms with E-state index in [-0.39, 0.29) is 5.91 Å². The molecule has 0 bridgehead atoms. The summed E-state index contributed by atoms with van der Waals surface area (Å²) in [5, 5.41) is 0.621. The fourth-order valence-corrected chi connectivity index (χ4v) is 5.09. The zero-order valence-electron chi connectivity index (χ0n) is 14.6. The molecule has 3 heterocycles. The molecule has 0 saturated carbocycles. The molecule has 3 aromatic rings.